The number of H-pyrrole nitrogens is 1. The van der Waals surface area contributed by atoms with Gasteiger partial charge in [-0.25, -0.2) is 4.98 Å². The van der Waals surface area contributed by atoms with Crippen LogP contribution >= 0.6 is 0 Å². The van der Waals surface area contributed by atoms with Gasteiger partial charge in [0.15, 0.2) is 0 Å². The van der Waals surface area contributed by atoms with E-state index in [0.29, 0.717) is 0 Å². The molecule has 0 radical (unpaired) electrons. The highest BCUT2D eigenvalue weighted by atomic mass is 16.5. The van der Waals surface area contributed by atoms with Crippen LogP contribution in [0.4, 0.5) is 0 Å². The molecule has 3 aromatic rings. The van der Waals surface area contributed by atoms with E-state index >= 15 is 0 Å². The first kappa shape index (κ1) is 15.6. The van der Waals surface area contributed by atoms with Crippen LogP contribution in [-0.2, 0) is 13.0 Å². The van der Waals surface area contributed by atoms with Gasteiger partial charge in [-0.15, -0.1) is 0 Å². The van der Waals surface area contributed by atoms with Gasteiger partial charge in [0.2, 0.25) is 0 Å². The minimum Gasteiger partial charge on any atom is -0.491 e. The second-order valence-corrected chi connectivity index (χ2v) is 5.94. The zero-order valence-electron chi connectivity index (χ0n) is 13.7. The summed E-state index contributed by atoms with van der Waals surface area (Å²) in [6.45, 7) is 5.81. The molecule has 0 aliphatic rings. The summed E-state index contributed by atoms with van der Waals surface area (Å²) in [4.78, 5) is 7.94. The molecule has 1 aromatic heterocycles. The topological polar surface area (TPSA) is 49.9 Å². The molecule has 3 rings (SSSR count). The van der Waals surface area contributed by atoms with Gasteiger partial charge in [0, 0.05) is 19.5 Å². The van der Waals surface area contributed by atoms with E-state index in [0.717, 1.165) is 42.1 Å². The van der Waals surface area contributed by atoms with E-state index in [1.54, 1.807) is 0 Å². The lowest BCUT2D eigenvalue weighted by Gasteiger charge is -2.10. The molecule has 0 saturated carbocycles. The average Bonchev–Trinajstić information content (AvgIpc) is 2.95. The number of hydrogen-bond donors (Lipinski definition) is 2. The maximum atomic E-state index is 5.65. The first-order valence-electron chi connectivity index (χ1n) is 8.10. The van der Waals surface area contributed by atoms with Crippen molar-refractivity contribution in [1.82, 2.24) is 15.3 Å². The molecule has 0 fully saturated rings. The number of ether oxygens (including phenoxy) is 1. The van der Waals surface area contributed by atoms with Crippen molar-refractivity contribution in [2.45, 2.75) is 32.9 Å². The highest BCUT2D eigenvalue weighted by molar-refractivity contribution is 5.74. The van der Waals surface area contributed by atoms with Gasteiger partial charge in [0.25, 0.3) is 0 Å². The Morgan fingerprint density at radius 3 is 2.61 bits per heavy atom. The van der Waals surface area contributed by atoms with Crippen LogP contribution < -0.4 is 10.1 Å². The van der Waals surface area contributed by atoms with Gasteiger partial charge in [0.05, 0.1) is 17.1 Å². The highest BCUT2D eigenvalue weighted by Gasteiger charge is 2.02. The molecule has 2 N–H and O–H groups in total. The molecule has 1 heterocycles. The summed E-state index contributed by atoms with van der Waals surface area (Å²) in [5, 5.41) is 3.45. The van der Waals surface area contributed by atoms with Crippen molar-refractivity contribution in [1.29, 1.82) is 0 Å². The molecule has 2 aromatic carbocycles. The molecule has 0 amide bonds. The zero-order valence-corrected chi connectivity index (χ0v) is 13.7. The third-order valence-corrected chi connectivity index (χ3v) is 3.60. The fourth-order valence-corrected chi connectivity index (χ4v) is 2.52. The molecule has 0 atom stereocenters. The summed E-state index contributed by atoms with van der Waals surface area (Å²) >= 11 is 0. The van der Waals surface area contributed by atoms with Crippen molar-refractivity contribution in [3.05, 3.63) is 59.9 Å². The Hall–Kier alpha value is -2.33. The monoisotopic (exact) mass is 309 g/mol. The first-order valence-corrected chi connectivity index (χ1v) is 8.10. The molecule has 4 heteroatoms. The summed E-state index contributed by atoms with van der Waals surface area (Å²) in [6.07, 6.45) is 1.10. The smallest absolute Gasteiger partial charge is 0.119 e. The number of fused-ring (bicyclic) bond motifs is 1. The summed E-state index contributed by atoms with van der Waals surface area (Å²) in [5.74, 6) is 1.95. The van der Waals surface area contributed by atoms with Crippen molar-refractivity contribution in [3.8, 4) is 5.75 Å². The Labute approximate surface area is 136 Å². The number of nitrogens with one attached hydrogen (secondary N) is 2. The molecule has 0 saturated heterocycles. The Morgan fingerprint density at radius 1 is 1.09 bits per heavy atom. The van der Waals surface area contributed by atoms with Crippen LogP contribution in [0, 0.1) is 0 Å². The van der Waals surface area contributed by atoms with Crippen molar-refractivity contribution >= 4 is 11.0 Å². The summed E-state index contributed by atoms with van der Waals surface area (Å²) in [7, 11) is 0. The second-order valence-electron chi connectivity index (χ2n) is 5.94. The maximum absolute atomic E-state index is 5.65. The number of rotatable bonds is 7. The predicted octanol–water partition coefficient (Wildman–Crippen LogP) is 3.68. The third-order valence-electron chi connectivity index (χ3n) is 3.60. The van der Waals surface area contributed by atoms with Crippen LogP contribution in [0.15, 0.2) is 48.5 Å². The molecule has 0 aliphatic heterocycles. The second kappa shape index (κ2) is 7.29. The van der Waals surface area contributed by atoms with E-state index in [1.807, 2.05) is 44.2 Å². The van der Waals surface area contributed by atoms with Gasteiger partial charge in [-0.3, -0.25) is 0 Å². The molecule has 0 aliphatic carbocycles. The van der Waals surface area contributed by atoms with Gasteiger partial charge >= 0.3 is 0 Å². The molecule has 0 spiro atoms. The third kappa shape index (κ3) is 4.33. The normalized spacial score (nSPS) is 11.3. The van der Waals surface area contributed by atoms with E-state index in [9.17, 15) is 0 Å². The first-order chi connectivity index (χ1) is 11.2. The van der Waals surface area contributed by atoms with E-state index < -0.39 is 0 Å². The Balaban J connectivity index is 1.46. The molecule has 0 bridgehead atoms. The summed E-state index contributed by atoms with van der Waals surface area (Å²) in [5.41, 5.74) is 3.39. The predicted molar refractivity (Wildman–Crippen MR) is 93.7 cm³/mol. The van der Waals surface area contributed by atoms with Crippen molar-refractivity contribution in [3.63, 3.8) is 0 Å². The summed E-state index contributed by atoms with van der Waals surface area (Å²) in [6, 6.07) is 16.4. The van der Waals surface area contributed by atoms with Gasteiger partial charge in [-0.05, 0) is 43.7 Å². The summed E-state index contributed by atoms with van der Waals surface area (Å²) < 4.78 is 5.65. The Bertz CT molecular complexity index is 714. The number of aromatic amines is 1. The fraction of sp³-hybridized carbons (Fsp3) is 0.316. The maximum Gasteiger partial charge on any atom is 0.119 e. The van der Waals surface area contributed by atoms with Gasteiger partial charge < -0.3 is 15.0 Å². The number of benzene rings is 2. The van der Waals surface area contributed by atoms with Gasteiger partial charge in [-0.1, -0.05) is 24.3 Å². The van der Waals surface area contributed by atoms with Gasteiger partial charge in [-0.2, -0.15) is 0 Å². The number of aromatic nitrogens is 2. The molecule has 120 valence electrons. The Morgan fingerprint density at radius 2 is 1.87 bits per heavy atom. The zero-order chi connectivity index (χ0) is 16.1. The van der Waals surface area contributed by atoms with Crippen molar-refractivity contribution in [2.75, 3.05) is 6.54 Å². The SMILES string of the molecule is CC(C)Oc1ccc(CNCCc2nc3ccccc3[nH]2)cc1. The highest BCUT2D eigenvalue weighted by Crippen LogP contribution is 2.14. The lowest BCUT2D eigenvalue weighted by molar-refractivity contribution is 0.242. The standard InChI is InChI=1S/C19H23N3O/c1-14(2)23-16-9-7-15(8-10-16)13-20-12-11-19-21-17-5-3-4-6-18(17)22-19/h3-10,14,20H,11-13H2,1-2H3,(H,21,22). The molecule has 4 nitrogen and oxygen atoms in total. The quantitative estimate of drug-likeness (QED) is 0.655. The number of imidazole rings is 1. The van der Waals surface area contributed by atoms with Crippen LogP contribution in [0.25, 0.3) is 11.0 Å². The van der Waals surface area contributed by atoms with Crippen LogP contribution in [-0.4, -0.2) is 22.6 Å². The lowest BCUT2D eigenvalue weighted by atomic mass is 10.2. The van der Waals surface area contributed by atoms with E-state index in [-0.39, 0.29) is 6.10 Å². The van der Waals surface area contributed by atoms with Crippen LogP contribution in [0.1, 0.15) is 25.2 Å². The molecular formula is C19H23N3O. The van der Waals surface area contributed by atoms with Crippen LogP contribution in [0.5, 0.6) is 5.75 Å². The lowest BCUT2D eigenvalue weighted by Crippen LogP contribution is -2.17. The molecule has 0 unspecified atom stereocenters. The van der Waals surface area contributed by atoms with Crippen molar-refractivity contribution < 1.29 is 4.74 Å². The Kier molecular flexibility index (Phi) is 4.93. The largest absolute Gasteiger partial charge is 0.491 e. The van der Waals surface area contributed by atoms with E-state index in [4.69, 9.17) is 4.74 Å². The van der Waals surface area contributed by atoms with Gasteiger partial charge in [0.1, 0.15) is 11.6 Å². The molecule has 23 heavy (non-hydrogen) atoms. The molecular weight excluding hydrogens is 286 g/mol. The minimum absolute atomic E-state index is 0.211. The number of nitrogens with zero attached hydrogens (tertiary/aromatic N) is 1. The van der Waals surface area contributed by atoms with Crippen LogP contribution in [0.2, 0.25) is 0 Å². The fourth-order valence-electron chi connectivity index (χ4n) is 2.52. The average molecular weight is 309 g/mol. The van der Waals surface area contributed by atoms with Crippen molar-refractivity contribution in [2.24, 2.45) is 0 Å². The van der Waals surface area contributed by atoms with E-state index in [2.05, 4.69) is 33.5 Å². The van der Waals surface area contributed by atoms with Crippen LogP contribution in [0.3, 0.4) is 0 Å². The van der Waals surface area contributed by atoms with E-state index in [1.165, 1.54) is 5.56 Å². The minimum atomic E-state index is 0.211. The number of hydrogen-bond acceptors (Lipinski definition) is 3. The number of para-hydroxylation sites is 2.